The first-order valence-electron chi connectivity index (χ1n) is 4.63. The van der Waals surface area contributed by atoms with Crippen LogP contribution >= 0.6 is 38.6 Å². The molecule has 2 N–H and O–H groups in total. The van der Waals surface area contributed by atoms with Gasteiger partial charge in [0.2, 0.25) is 0 Å². The first-order valence-corrected chi connectivity index (χ1v) is 7.19. The van der Waals surface area contributed by atoms with Gasteiger partial charge in [-0.2, -0.15) is 11.3 Å². The van der Waals surface area contributed by atoms with E-state index in [2.05, 4.69) is 46.6 Å². The molecule has 80 valence electrons. The van der Waals surface area contributed by atoms with E-state index in [9.17, 15) is 0 Å². The van der Waals surface area contributed by atoms with Gasteiger partial charge in [-0.05, 0) is 63.3 Å². The highest BCUT2D eigenvalue weighted by molar-refractivity contribution is 9.11. The molecule has 0 aliphatic carbocycles. The van der Waals surface area contributed by atoms with Crippen LogP contribution in [0.1, 0.15) is 27.6 Å². The van der Waals surface area contributed by atoms with Crippen molar-refractivity contribution in [2.45, 2.75) is 19.9 Å². The summed E-state index contributed by atoms with van der Waals surface area (Å²) in [7, 11) is 0. The second kappa shape index (κ2) is 4.37. The van der Waals surface area contributed by atoms with E-state index < -0.39 is 0 Å². The molecule has 0 aromatic carbocycles. The Labute approximate surface area is 106 Å². The SMILES string of the molecule is Cc1cscc1C(N)c1cc(C)c(Br)s1. The average molecular weight is 302 g/mol. The molecule has 2 rings (SSSR count). The first-order chi connectivity index (χ1) is 7.09. The third kappa shape index (κ3) is 2.18. The predicted molar refractivity (Wildman–Crippen MR) is 71.8 cm³/mol. The maximum atomic E-state index is 6.24. The van der Waals surface area contributed by atoms with E-state index >= 15 is 0 Å². The van der Waals surface area contributed by atoms with Gasteiger partial charge in [-0.25, -0.2) is 0 Å². The van der Waals surface area contributed by atoms with Gasteiger partial charge in [0, 0.05) is 4.88 Å². The highest BCUT2D eigenvalue weighted by atomic mass is 79.9. The Kier molecular flexibility index (Phi) is 3.30. The Balaban J connectivity index is 2.36. The minimum atomic E-state index is 0.0197. The summed E-state index contributed by atoms with van der Waals surface area (Å²) in [6.07, 6.45) is 0. The number of hydrogen-bond acceptors (Lipinski definition) is 3. The number of aryl methyl sites for hydroxylation is 2. The minimum absolute atomic E-state index is 0.0197. The first kappa shape index (κ1) is 11.3. The van der Waals surface area contributed by atoms with Crippen LogP contribution in [0.3, 0.4) is 0 Å². The zero-order chi connectivity index (χ0) is 11.0. The molecule has 0 saturated heterocycles. The summed E-state index contributed by atoms with van der Waals surface area (Å²) in [6, 6.07) is 2.18. The molecule has 2 heterocycles. The van der Waals surface area contributed by atoms with Crippen LogP contribution in [-0.4, -0.2) is 0 Å². The Hall–Kier alpha value is -0.160. The molecule has 4 heteroatoms. The number of rotatable bonds is 2. The van der Waals surface area contributed by atoms with E-state index in [1.54, 1.807) is 22.7 Å². The zero-order valence-corrected chi connectivity index (χ0v) is 11.8. The van der Waals surface area contributed by atoms with Crippen molar-refractivity contribution in [1.29, 1.82) is 0 Å². The number of thiophene rings is 2. The molecule has 1 atom stereocenters. The third-order valence-corrected chi connectivity index (χ3v) is 5.51. The van der Waals surface area contributed by atoms with Gasteiger partial charge in [-0.1, -0.05) is 0 Å². The molecular weight excluding hydrogens is 290 g/mol. The predicted octanol–water partition coefficient (Wildman–Crippen LogP) is 4.24. The van der Waals surface area contributed by atoms with E-state index in [1.165, 1.54) is 25.4 Å². The van der Waals surface area contributed by atoms with Crippen molar-refractivity contribution in [3.05, 3.63) is 42.2 Å². The lowest BCUT2D eigenvalue weighted by Crippen LogP contribution is -2.10. The summed E-state index contributed by atoms with van der Waals surface area (Å²) in [5.74, 6) is 0. The smallest absolute Gasteiger partial charge is 0.0731 e. The molecule has 2 aromatic rings. The fourth-order valence-corrected chi connectivity index (χ4v) is 3.96. The number of hydrogen-bond donors (Lipinski definition) is 1. The van der Waals surface area contributed by atoms with Crippen molar-refractivity contribution in [2.75, 3.05) is 0 Å². The van der Waals surface area contributed by atoms with Crippen molar-refractivity contribution < 1.29 is 0 Å². The van der Waals surface area contributed by atoms with E-state index in [1.807, 2.05) is 0 Å². The lowest BCUT2D eigenvalue weighted by Gasteiger charge is -2.08. The monoisotopic (exact) mass is 301 g/mol. The molecule has 0 aliphatic rings. The highest BCUT2D eigenvalue weighted by Crippen LogP contribution is 2.34. The molecule has 0 aliphatic heterocycles. The van der Waals surface area contributed by atoms with Crippen molar-refractivity contribution >= 4 is 38.6 Å². The van der Waals surface area contributed by atoms with Crippen LogP contribution < -0.4 is 5.73 Å². The van der Waals surface area contributed by atoms with E-state index in [0.29, 0.717) is 0 Å². The molecule has 0 spiro atoms. The Bertz CT molecular complexity index is 453. The molecule has 0 radical (unpaired) electrons. The Morgan fingerprint density at radius 2 is 2.00 bits per heavy atom. The van der Waals surface area contributed by atoms with Gasteiger partial charge in [0.15, 0.2) is 0 Å². The molecule has 0 amide bonds. The van der Waals surface area contributed by atoms with Crippen LogP contribution in [0.15, 0.2) is 20.6 Å². The lowest BCUT2D eigenvalue weighted by molar-refractivity contribution is 0.889. The van der Waals surface area contributed by atoms with E-state index in [-0.39, 0.29) is 6.04 Å². The maximum Gasteiger partial charge on any atom is 0.0731 e. The number of halogens is 1. The quantitative estimate of drug-likeness (QED) is 0.882. The largest absolute Gasteiger partial charge is 0.320 e. The van der Waals surface area contributed by atoms with Gasteiger partial charge in [0.05, 0.1) is 9.83 Å². The summed E-state index contributed by atoms with van der Waals surface area (Å²) in [5, 5.41) is 4.29. The fourth-order valence-electron chi connectivity index (χ4n) is 1.48. The van der Waals surface area contributed by atoms with Gasteiger partial charge in [-0.15, -0.1) is 11.3 Å². The molecule has 2 aromatic heterocycles. The molecule has 0 bridgehead atoms. The molecule has 1 unspecified atom stereocenters. The third-order valence-electron chi connectivity index (χ3n) is 2.41. The summed E-state index contributed by atoms with van der Waals surface area (Å²) in [6.45, 7) is 4.21. The van der Waals surface area contributed by atoms with Crippen molar-refractivity contribution in [3.8, 4) is 0 Å². The van der Waals surface area contributed by atoms with Crippen LogP contribution in [0.4, 0.5) is 0 Å². The molecule has 0 saturated carbocycles. The van der Waals surface area contributed by atoms with Crippen LogP contribution in [0.25, 0.3) is 0 Å². The summed E-state index contributed by atoms with van der Waals surface area (Å²) in [4.78, 5) is 1.22. The second-order valence-electron chi connectivity index (χ2n) is 3.59. The topological polar surface area (TPSA) is 26.0 Å². The zero-order valence-electron chi connectivity index (χ0n) is 8.58. The van der Waals surface area contributed by atoms with Gasteiger partial charge in [0.25, 0.3) is 0 Å². The second-order valence-corrected chi connectivity index (χ2v) is 6.74. The van der Waals surface area contributed by atoms with Gasteiger partial charge < -0.3 is 5.73 Å². The molecule has 1 nitrogen and oxygen atoms in total. The summed E-state index contributed by atoms with van der Waals surface area (Å²) >= 11 is 6.97. The van der Waals surface area contributed by atoms with Crippen LogP contribution in [0.5, 0.6) is 0 Å². The molecular formula is C11H12BrNS2. The molecule has 15 heavy (non-hydrogen) atoms. The standard InChI is InChI=1S/C11H12BrNS2/c1-6-3-9(15-11(6)12)10(13)8-5-14-4-7(8)2/h3-5,10H,13H2,1-2H3. The Morgan fingerprint density at radius 1 is 1.27 bits per heavy atom. The average Bonchev–Trinajstić information content (AvgIpc) is 2.74. The highest BCUT2D eigenvalue weighted by Gasteiger charge is 2.15. The maximum absolute atomic E-state index is 6.24. The van der Waals surface area contributed by atoms with Crippen LogP contribution in [0.2, 0.25) is 0 Å². The van der Waals surface area contributed by atoms with Crippen molar-refractivity contribution in [3.63, 3.8) is 0 Å². The summed E-state index contributed by atoms with van der Waals surface area (Å²) in [5.41, 5.74) is 10.0. The number of nitrogens with two attached hydrogens (primary N) is 1. The lowest BCUT2D eigenvalue weighted by atomic mass is 10.1. The van der Waals surface area contributed by atoms with E-state index in [0.717, 1.165) is 0 Å². The van der Waals surface area contributed by atoms with Crippen molar-refractivity contribution in [2.24, 2.45) is 5.73 Å². The van der Waals surface area contributed by atoms with Gasteiger partial charge >= 0.3 is 0 Å². The van der Waals surface area contributed by atoms with Crippen LogP contribution in [-0.2, 0) is 0 Å². The van der Waals surface area contributed by atoms with Gasteiger partial charge in [-0.3, -0.25) is 0 Å². The Morgan fingerprint density at radius 3 is 2.47 bits per heavy atom. The summed E-state index contributed by atoms with van der Waals surface area (Å²) < 4.78 is 1.18. The molecule has 0 fully saturated rings. The normalized spacial score (nSPS) is 13.1. The van der Waals surface area contributed by atoms with Gasteiger partial charge in [0.1, 0.15) is 0 Å². The van der Waals surface area contributed by atoms with Crippen LogP contribution in [0, 0.1) is 13.8 Å². The fraction of sp³-hybridized carbons (Fsp3) is 0.273. The van der Waals surface area contributed by atoms with E-state index in [4.69, 9.17) is 5.73 Å². The minimum Gasteiger partial charge on any atom is -0.320 e. The van der Waals surface area contributed by atoms with Crippen molar-refractivity contribution in [1.82, 2.24) is 0 Å².